The summed E-state index contributed by atoms with van der Waals surface area (Å²) in [5.41, 5.74) is 1.06. The molecule has 0 unspecified atom stereocenters. The molecule has 0 radical (unpaired) electrons. The fraction of sp³-hybridized carbons (Fsp3) is 0.250. The molecule has 0 aliphatic carbocycles. The minimum Gasteiger partial charge on any atom is -0.444 e. The van der Waals surface area contributed by atoms with Crippen molar-refractivity contribution in [2.75, 3.05) is 23.3 Å². The minimum atomic E-state index is -4.02. The second-order valence-electron chi connectivity index (χ2n) is 12.3. The third-order valence-corrected chi connectivity index (χ3v) is 10.6. The van der Waals surface area contributed by atoms with Crippen LogP contribution >= 0.6 is 0 Å². The Bertz CT molecular complexity index is 2370. The predicted molar refractivity (Wildman–Crippen MR) is 189 cm³/mol. The molecule has 262 valence electrons. The normalized spacial score (nSPS) is 14.0. The summed E-state index contributed by atoms with van der Waals surface area (Å²) in [7, 11) is -4.02. The number of oxazole rings is 1. The van der Waals surface area contributed by atoms with Crippen molar-refractivity contribution in [1.82, 2.24) is 28.8 Å². The van der Waals surface area contributed by atoms with Crippen LogP contribution in [0.4, 0.5) is 16.0 Å². The van der Waals surface area contributed by atoms with Gasteiger partial charge >= 0.3 is 0 Å². The summed E-state index contributed by atoms with van der Waals surface area (Å²) in [6.07, 6.45) is 8.81. The average Bonchev–Trinajstić information content (AvgIpc) is 3.79. The molecule has 1 aliphatic rings. The van der Waals surface area contributed by atoms with Gasteiger partial charge in [-0.1, -0.05) is 30.3 Å². The molecule has 4 aromatic heterocycles. The van der Waals surface area contributed by atoms with Crippen LogP contribution in [-0.4, -0.2) is 50.9 Å². The number of rotatable bonds is 11. The molecule has 0 spiro atoms. The number of hydrogen-bond acceptors (Lipinski definition) is 10. The van der Waals surface area contributed by atoms with E-state index in [1.165, 1.54) is 45.4 Å². The van der Waals surface area contributed by atoms with Crippen LogP contribution in [0.3, 0.4) is 0 Å². The number of piperidine rings is 1. The van der Waals surface area contributed by atoms with Gasteiger partial charge in [-0.15, -0.1) is 0 Å². The molecule has 1 atom stereocenters. The standard InChI is InChI=1S/C36H35FN8O5S/c1-24(31-23-50-34(42-31)28-12-6-7-13-29(28)37)41-30-21-40-36(43-16-8-3-9-17-43)44(35(30)47)22-33(46)39-20-26-18-25-19-38-15-14-32(25)45(26)51(48,49)27-10-4-2-5-11-27/h2,4-7,10-15,18-19,21,23-24,41H,3,8-9,16-17,20,22H2,1H3,(H,39,46)/t24-/m1/s1. The molecule has 1 fully saturated rings. The lowest BCUT2D eigenvalue weighted by Crippen LogP contribution is -2.40. The van der Waals surface area contributed by atoms with Crippen molar-refractivity contribution in [2.45, 2.75) is 50.2 Å². The Morgan fingerprint density at radius 2 is 1.78 bits per heavy atom. The number of halogens is 1. The molecule has 0 saturated carbocycles. The van der Waals surface area contributed by atoms with E-state index in [2.05, 4.69) is 25.6 Å². The van der Waals surface area contributed by atoms with Gasteiger partial charge in [0, 0.05) is 30.9 Å². The van der Waals surface area contributed by atoms with Crippen LogP contribution in [0.5, 0.6) is 0 Å². The number of aromatic nitrogens is 5. The molecule has 5 heterocycles. The predicted octanol–water partition coefficient (Wildman–Crippen LogP) is 5.10. The van der Waals surface area contributed by atoms with Crippen molar-refractivity contribution in [3.8, 4) is 11.5 Å². The summed E-state index contributed by atoms with van der Waals surface area (Å²) in [5.74, 6) is -0.513. The fourth-order valence-corrected chi connectivity index (χ4v) is 7.77. The van der Waals surface area contributed by atoms with Crippen LogP contribution in [0.1, 0.15) is 43.6 Å². The van der Waals surface area contributed by atoms with E-state index in [4.69, 9.17) is 4.42 Å². The summed E-state index contributed by atoms with van der Waals surface area (Å²) < 4.78 is 50.0. The quantitative estimate of drug-likeness (QED) is 0.185. The van der Waals surface area contributed by atoms with Gasteiger partial charge in [0.05, 0.1) is 40.5 Å². The smallest absolute Gasteiger partial charge is 0.278 e. The van der Waals surface area contributed by atoms with E-state index in [-0.39, 0.29) is 35.1 Å². The Morgan fingerprint density at radius 1 is 1.02 bits per heavy atom. The Balaban J connectivity index is 1.15. The van der Waals surface area contributed by atoms with Gasteiger partial charge in [0.25, 0.3) is 15.6 Å². The summed E-state index contributed by atoms with van der Waals surface area (Å²) in [6, 6.07) is 16.9. The maximum absolute atomic E-state index is 14.3. The number of carbonyl (C=O) groups excluding carboxylic acids is 1. The lowest BCUT2D eigenvalue weighted by atomic mass is 10.1. The fourth-order valence-electron chi connectivity index (χ4n) is 6.20. The number of amides is 1. The summed E-state index contributed by atoms with van der Waals surface area (Å²) in [5, 5.41) is 6.53. The van der Waals surface area contributed by atoms with Crippen LogP contribution in [0.15, 0.2) is 106 Å². The van der Waals surface area contributed by atoms with Crippen LogP contribution in [0, 0.1) is 5.82 Å². The van der Waals surface area contributed by atoms with Crippen LogP contribution < -0.4 is 21.1 Å². The van der Waals surface area contributed by atoms with Gasteiger partial charge < -0.3 is 20.0 Å². The molecule has 1 saturated heterocycles. The highest BCUT2D eigenvalue weighted by Crippen LogP contribution is 2.27. The van der Waals surface area contributed by atoms with Gasteiger partial charge in [-0.05, 0) is 62.6 Å². The van der Waals surface area contributed by atoms with Crippen molar-refractivity contribution >= 4 is 38.5 Å². The summed E-state index contributed by atoms with van der Waals surface area (Å²) in [4.78, 5) is 42.8. The molecular formula is C36H35FN8O5S. The monoisotopic (exact) mass is 710 g/mol. The zero-order chi connectivity index (χ0) is 35.5. The first kappa shape index (κ1) is 33.7. The van der Waals surface area contributed by atoms with E-state index >= 15 is 0 Å². The number of fused-ring (bicyclic) bond motifs is 1. The number of nitrogens with zero attached hydrogens (tertiary/aromatic N) is 6. The summed E-state index contributed by atoms with van der Waals surface area (Å²) in [6.45, 7) is 2.64. The van der Waals surface area contributed by atoms with Gasteiger partial charge in [0.15, 0.2) is 0 Å². The van der Waals surface area contributed by atoms with E-state index in [0.717, 1.165) is 19.3 Å². The van der Waals surface area contributed by atoms with Gasteiger partial charge in [-0.3, -0.25) is 19.1 Å². The van der Waals surface area contributed by atoms with E-state index < -0.39 is 33.3 Å². The largest absolute Gasteiger partial charge is 0.444 e. The van der Waals surface area contributed by atoms with E-state index in [1.54, 1.807) is 61.7 Å². The van der Waals surface area contributed by atoms with Crippen LogP contribution in [-0.2, 0) is 27.9 Å². The first-order valence-corrected chi connectivity index (χ1v) is 18.0. The Hall–Kier alpha value is -5.83. The molecule has 1 aliphatic heterocycles. The Morgan fingerprint density at radius 3 is 2.57 bits per heavy atom. The molecule has 15 heteroatoms. The topological polar surface area (TPSA) is 157 Å². The number of benzene rings is 2. The molecule has 2 N–H and O–H groups in total. The molecule has 51 heavy (non-hydrogen) atoms. The molecule has 1 amide bonds. The van der Waals surface area contributed by atoms with Gasteiger partial charge in [0.2, 0.25) is 17.7 Å². The van der Waals surface area contributed by atoms with E-state index in [1.807, 2.05) is 4.90 Å². The summed E-state index contributed by atoms with van der Waals surface area (Å²) >= 11 is 0. The molecule has 13 nitrogen and oxygen atoms in total. The van der Waals surface area contributed by atoms with Gasteiger partial charge in [-0.25, -0.2) is 26.7 Å². The number of nitrogens with one attached hydrogen (secondary N) is 2. The number of carbonyl (C=O) groups is 1. The number of hydrogen-bond donors (Lipinski definition) is 2. The Labute approximate surface area is 292 Å². The second-order valence-corrected chi connectivity index (χ2v) is 14.1. The minimum absolute atomic E-state index is 0.100. The first-order chi connectivity index (χ1) is 24.7. The molecule has 7 rings (SSSR count). The maximum atomic E-state index is 14.3. The van der Waals surface area contributed by atoms with Crippen LogP contribution in [0.2, 0.25) is 0 Å². The van der Waals surface area contributed by atoms with Crippen molar-refractivity contribution < 1.29 is 22.0 Å². The molecule has 0 bridgehead atoms. The average molecular weight is 711 g/mol. The molecular weight excluding hydrogens is 676 g/mol. The number of pyridine rings is 1. The van der Waals surface area contributed by atoms with Gasteiger partial charge in [0.1, 0.15) is 30.0 Å². The lowest BCUT2D eigenvalue weighted by Gasteiger charge is -2.29. The third kappa shape index (κ3) is 6.84. The second kappa shape index (κ2) is 14.2. The van der Waals surface area contributed by atoms with E-state index in [0.29, 0.717) is 41.3 Å². The zero-order valence-electron chi connectivity index (χ0n) is 27.7. The molecule has 6 aromatic rings. The van der Waals surface area contributed by atoms with Crippen molar-refractivity contribution in [1.29, 1.82) is 0 Å². The molecule has 2 aromatic carbocycles. The van der Waals surface area contributed by atoms with Crippen molar-refractivity contribution in [3.05, 3.63) is 119 Å². The van der Waals surface area contributed by atoms with E-state index in [9.17, 15) is 22.4 Å². The lowest BCUT2D eigenvalue weighted by molar-refractivity contribution is -0.121. The highest BCUT2D eigenvalue weighted by Gasteiger charge is 2.25. The zero-order valence-corrected chi connectivity index (χ0v) is 28.5. The SMILES string of the molecule is C[C@@H](Nc1cnc(N2CCCCC2)n(CC(=O)NCc2cc3cnccc3n2S(=O)(=O)c2ccccc2)c1=O)c1coc(-c2ccccc2F)n1. The van der Waals surface area contributed by atoms with Crippen LogP contribution in [0.25, 0.3) is 22.4 Å². The third-order valence-electron chi connectivity index (χ3n) is 8.79. The van der Waals surface area contributed by atoms with Crippen molar-refractivity contribution in [2.24, 2.45) is 0 Å². The highest BCUT2D eigenvalue weighted by atomic mass is 32.2. The first-order valence-electron chi connectivity index (χ1n) is 16.5. The Kier molecular flexibility index (Phi) is 9.36. The number of anilines is 2. The van der Waals surface area contributed by atoms with Crippen molar-refractivity contribution in [3.63, 3.8) is 0 Å². The van der Waals surface area contributed by atoms with Gasteiger partial charge in [-0.2, -0.15) is 0 Å². The maximum Gasteiger partial charge on any atom is 0.278 e. The highest BCUT2D eigenvalue weighted by molar-refractivity contribution is 7.90.